The molecule has 0 atom stereocenters. The van der Waals surface area contributed by atoms with E-state index in [1.807, 2.05) is 20.8 Å². The monoisotopic (exact) mass is 430 g/mol. The Hall–Kier alpha value is -3.26. The van der Waals surface area contributed by atoms with Crippen LogP contribution in [0.2, 0.25) is 5.02 Å². The molecule has 0 spiro atoms. The lowest BCUT2D eigenvalue weighted by Gasteiger charge is -2.17. The van der Waals surface area contributed by atoms with Crippen LogP contribution in [0.3, 0.4) is 0 Å². The summed E-state index contributed by atoms with van der Waals surface area (Å²) in [5.41, 5.74) is 1.48. The summed E-state index contributed by atoms with van der Waals surface area (Å²) < 4.78 is 18.6. The van der Waals surface area contributed by atoms with E-state index in [-0.39, 0.29) is 5.91 Å². The minimum absolute atomic E-state index is 0.356. The summed E-state index contributed by atoms with van der Waals surface area (Å²) in [7, 11) is 0. The van der Waals surface area contributed by atoms with E-state index in [0.717, 1.165) is 0 Å². The van der Waals surface area contributed by atoms with Crippen LogP contribution in [0.1, 0.15) is 31.1 Å². The van der Waals surface area contributed by atoms with Crippen LogP contribution in [0.25, 0.3) is 5.69 Å². The number of ether oxygens (including phenoxy) is 3. The maximum absolute atomic E-state index is 13.1. The number of hydrogen-bond donors (Lipinski definition) is 1. The molecule has 0 saturated heterocycles. The van der Waals surface area contributed by atoms with Gasteiger partial charge in [0.2, 0.25) is 5.75 Å². The van der Waals surface area contributed by atoms with Gasteiger partial charge in [0.15, 0.2) is 11.5 Å². The molecule has 2 aromatic carbocycles. The lowest BCUT2D eigenvalue weighted by Crippen LogP contribution is -2.15. The molecule has 0 unspecified atom stereocenters. The zero-order valence-corrected chi connectivity index (χ0v) is 17.8. The molecule has 1 N–H and O–H groups in total. The van der Waals surface area contributed by atoms with Gasteiger partial charge in [-0.25, -0.2) is 9.67 Å². The van der Waals surface area contributed by atoms with Gasteiger partial charge < -0.3 is 19.5 Å². The highest BCUT2D eigenvalue weighted by atomic mass is 35.5. The molecule has 0 fully saturated rings. The largest absolute Gasteiger partial charge is 0.490 e. The van der Waals surface area contributed by atoms with E-state index in [9.17, 15) is 4.79 Å². The van der Waals surface area contributed by atoms with Crippen molar-refractivity contribution >= 4 is 23.2 Å². The summed E-state index contributed by atoms with van der Waals surface area (Å²) in [6.07, 6.45) is 2.95. The number of rotatable bonds is 9. The van der Waals surface area contributed by atoms with E-state index in [4.69, 9.17) is 25.8 Å². The first-order valence-corrected chi connectivity index (χ1v) is 9.97. The third-order valence-electron chi connectivity index (χ3n) is 4.04. The summed E-state index contributed by atoms with van der Waals surface area (Å²) in [4.78, 5) is 17.0. The van der Waals surface area contributed by atoms with E-state index in [0.29, 0.717) is 59.0 Å². The minimum Gasteiger partial charge on any atom is -0.490 e. The van der Waals surface area contributed by atoms with Gasteiger partial charge in [-0.05, 0) is 51.1 Å². The van der Waals surface area contributed by atoms with Crippen LogP contribution < -0.4 is 19.5 Å². The third kappa shape index (κ3) is 4.83. The molecule has 0 aliphatic carbocycles. The smallest absolute Gasteiger partial charge is 0.256 e. The van der Waals surface area contributed by atoms with Crippen molar-refractivity contribution in [3.8, 4) is 22.9 Å². The van der Waals surface area contributed by atoms with Crippen LogP contribution >= 0.6 is 11.6 Å². The van der Waals surface area contributed by atoms with Crippen molar-refractivity contribution in [2.45, 2.75) is 20.8 Å². The summed E-state index contributed by atoms with van der Waals surface area (Å²) in [6.45, 7) is 6.87. The van der Waals surface area contributed by atoms with E-state index in [1.165, 1.54) is 12.7 Å². The fourth-order valence-electron chi connectivity index (χ4n) is 2.86. The van der Waals surface area contributed by atoms with Crippen molar-refractivity contribution in [3.63, 3.8) is 0 Å². The van der Waals surface area contributed by atoms with Crippen molar-refractivity contribution in [2.75, 3.05) is 25.1 Å². The number of anilines is 1. The Kier molecular flexibility index (Phi) is 7.13. The van der Waals surface area contributed by atoms with Crippen LogP contribution in [0.5, 0.6) is 17.2 Å². The first-order chi connectivity index (χ1) is 14.6. The number of carbonyl (C=O) groups excluding carboxylic acids is 1. The van der Waals surface area contributed by atoms with Crippen LogP contribution in [0.4, 0.5) is 5.69 Å². The Balaban J connectivity index is 1.98. The minimum atomic E-state index is -0.358. The van der Waals surface area contributed by atoms with E-state index in [1.54, 1.807) is 35.0 Å². The average molecular weight is 431 g/mol. The van der Waals surface area contributed by atoms with Gasteiger partial charge in [-0.2, -0.15) is 5.10 Å². The average Bonchev–Trinajstić information content (AvgIpc) is 3.25. The van der Waals surface area contributed by atoms with Crippen molar-refractivity contribution in [3.05, 3.63) is 53.6 Å². The van der Waals surface area contributed by atoms with Gasteiger partial charge in [0.1, 0.15) is 12.7 Å². The normalized spacial score (nSPS) is 10.5. The van der Waals surface area contributed by atoms with Crippen LogP contribution in [0.15, 0.2) is 43.0 Å². The van der Waals surface area contributed by atoms with Gasteiger partial charge in [-0.3, -0.25) is 4.79 Å². The molecule has 0 aliphatic rings. The standard InChI is InChI=1S/C21H23ClN4O4/c1-4-28-18-9-14(10-19(29-5-2)20(18)30-6-3)21(27)25-16-11-15(22)7-8-17(16)26-13-23-12-24-26/h7-13H,4-6H2,1-3H3,(H,25,27). The highest BCUT2D eigenvalue weighted by Crippen LogP contribution is 2.39. The Labute approximate surface area is 179 Å². The first kappa shape index (κ1) is 21.4. The number of hydrogen-bond acceptors (Lipinski definition) is 6. The lowest BCUT2D eigenvalue weighted by atomic mass is 10.1. The Morgan fingerprint density at radius 3 is 2.27 bits per heavy atom. The van der Waals surface area contributed by atoms with Crippen LogP contribution in [-0.2, 0) is 0 Å². The van der Waals surface area contributed by atoms with Gasteiger partial charge in [0.25, 0.3) is 5.91 Å². The fraction of sp³-hybridized carbons (Fsp3) is 0.286. The van der Waals surface area contributed by atoms with Gasteiger partial charge in [0.05, 0.1) is 31.2 Å². The van der Waals surface area contributed by atoms with Gasteiger partial charge in [-0.1, -0.05) is 11.6 Å². The number of nitrogens with one attached hydrogen (secondary N) is 1. The number of halogens is 1. The van der Waals surface area contributed by atoms with Gasteiger partial charge in [-0.15, -0.1) is 0 Å². The molecule has 8 nitrogen and oxygen atoms in total. The fourth-order valence-corrected chi connectivity index (χ4v) is 3.03. The zero-order chi connectivity index (χ0) is 21.5. The Morgan fingerprint density at radius 1 is 1.03 bits per heavy atom. The molecular formula is C21H23ClN4O4. The predicted octanol–water partition coefficient (Wildman–Crippen LogP) is 4.37. The summed E-state index contributed by atoms with van der Waals surface area (Å²) >= 11 is 6.14. The third-order valence-corrected chi connectivity index (χ3v) is 4.28. The highest BCUT2D eigenvalue weighted by molar-refractivity contribution is 6.31. The molecule has 0 saturated carbocycles. The Bertz CT molecular complexity index is 981. The number of aromatic nitrogens is 3. The molecule has 1 aromatic heterocycles. The SMILES string of the molecule is CCOc1cc(C(=O)Nc2cc(Cl)ccc2-n2cncn2)cc(OCC)c1OCC. The van der Waals surface area contributed by atoms with E-state index >= 15 is 0 Å². The number of carbonyl (C=O) groups is 1. The van der Waals surface area contributed by atoms with Crippen molar-refractivity contribution in [2.24, 2.45) is 0 Å². The lowest BCUT2D eigenvalue weighted by molar-refractivity contribution is 0.102. The van der Waals surface area contributed by atoms with Gasteiger partial charge >= 0.3 is 0 Å². The van der Waals surface area contributed by atoms with Crippen molar-refractivity contribution in [1.82, 2.24) is 14.8 Å². The maximum Gasteiger partial charge on any atom is 0.256 e. The molecule has 9 heteroatoms. The van der Waals surface area contributed by atoms with Crippen molar-refractivity contribution in [1.29, 1.82) is 0 Å². The quantitative estimate of drug-likeness (QED) is 0.542. The van der Waals surface area contributed by atoms with Gasteiger partial charge in [0, 0.05) is 10.6 Å². The first-order valence-electron chi connectivity index (χ1n) is 9.59. The van der Waals surface area contributed by atoms with Crippen molar-refractivity contribution < 1.29 is 19.0 Å². The molecule has 158 valence electrons. The molecule has 30 heavy (non-hydrogen) atoms. The number of nitrogens with zero attached hydrogens (tertiary/aromatic N) is 3. The Morgan fingerprint density at radius 2 is 1.70 bits per heavy atom. The molecule has 3 aromatic rings. The summed E-state index contributed by atoms with van der Waals surface area (Å²) in [5.74, 6) is 1.00. The molecule has 1 amide bonds. The van der Waals surface area contributed by atoms with Crippen LogP contribution in [-0.4, -0.2) is 40.5 Å². The molecule has 3 rings (SSSR count). The number of benzene rings is 2. The molecule has 0 radical (unpaired) electrons. The topological polar surface area (TPSA) is 87.5 Å². The molecule has 1 heterocycles. The second-order valence-corrected chi connectivity index (χ2v) is 6.49. The molecule has 0 aliphatic heterocycles. The predicted molar refractivity (Wildman–Crippen MR) is 114 cm³/mol. The summed E-state index contributed by atoms with van der Waals surface area (Å²) in [5, 5.41) is 7.48. The highest BCUT2D eigenvalue weighted by Gasteiger charge is 2.19. The second-order valence-electron chi connectivity index (χ2n) is 6.06. The van der Waals surface area contributed by atoms with Crippen LogP contribution in [0, 0.1) is 0 Å². The van der Waals surface area contributed by atoms with E-state index < -0.39 is 0 Å². The maximum atomic E-state index is 13.1. The molecular weight excluding hydrogens is 408 g/mol. The van der Waals surface area contributed by atoms with E-state index in [2.05, 4.69) is 15.4 Å². The summed E-state index contributed by atoms with van der Waals surface area (Å²) in [6, 6.07) is 8.38. The zero-order valence-electron chi connectivity index (χ0n) is 17.0. The second kappa shape index (κ2) is 9.98. The molecule has 0 bridgehead atoms. The number of amides is 1.